The van der Waals surface area contributed by atoms with Crippen molar-refractivity contribution < 1.29 is 9.59 Å². The number of nitrogens with one attached hydrogen (secondary N) is 3. The van der Waals surface area contributed by atoms with Gasteiger partial charge in [-0.15, -0.1) is 0 Å². The fourth-order valence-corrected chi connectivity index (χ4v) is 4.33. The number of likely N-dealkylation sites (tertiary alicyclic amines) is 1. The third kappa shape index (κ3) is 7.69. The molecule has 3 atom stereocenters. The van der Waals surface area contributed by atoms with Crippen LogP contribution in [0.1, 0.15) is 37.3 Å². The molecule has 2 aromatic rings. The summed E-state index contributed by atoms with van der Waals surface area (Å²) in [6, 6.07) is 19.9. The normalized spacial score (nSPS) is 17.5. The first-order valence-electron chi connectivity index (χ1n) is 12.1. The molecule has 0 unspecified atom stereocenters. The minimum atomic E-state index is -0.515. The van der Waals surface area contributed by atoms with Gasteiger partial charge in [0, 0.05) is 19.1 Å². The summed E-state index contributed by atoms with van der Waals surface area (Å²) < 4.78 is 0. The van der Waals surface area contributed by atoms with Crippen molar-refractivity contribution >= 4 is 11.8 Å². The molecule has 0 spiro atoms. The number of rotatable bonds is 12. The Balaban J connectivity index is 1.57. The van der Waals surface area contributed by atoms with Crippen LogP contribution in [-0.4, -0.2) is 61.5 Å². The summed E-state index contributed by atoms with van der Waals surface area (Å²) in [6.07, 6.45) is 4.31. The second kappa shape index (κ2) is 13.1. The summed E-state index contributed by atoms with van der Waals surface area (Å²) >= 11 is 0. The SMILES string of the molecule is CN[C@@H](C)C(=O)N[C@@H](CCc1ccccc1)C(=O)N1CCC[C@H]1CNCCc1ccccc1. The molecule has 0 aromatic heterocycles. The number of benzene rings is 2. The fourth-order valence-electron chi connectivity index (χ4n) is 4.33. The predicted molar refractivity (Wildman–Crippen MR) is 133 cm³/mol. The number of likely N-dealkylation sites (N-methyl/N-ethyl adjacent to an activating group) is 1. The van der Waals surface area contributed by atoms with Crippen molar-refractivity contribution in [3.63, 3.8) is 0 Å². The van der Waals surface area contributed by atoms with E-state index < -0.39 is 6.04 Å². The van der Waals surface area contributed by atoms with Gasteiger partial charge in [0.2, 0.25) is 11.8 Å². The lowest BCUT2D eigenvalue weighted by atomic mass is 10.0. The molecule has 1 heterocycles. The maximum absolute atomic E-state index is 13.5. The molecule has 6 heteroatoms. The van der Waals surface area contributed by atoms with Crippen LogP contribution in [0.3, 0.4) is 0 Å². The third-order valence-corrected chi connectivity index (χ3v) is 6.48. The molecule has 0 bridgehead atoms. The highest BCUT2D eigenvalue weighted by atomic mass is 16.2. The number of amides is 2. The maximum atomic E-state index is 13.5. The van der Waals surface area contributed by atoms with E-state index in [1.807, 2.05) is 36.1 Å². The molecule has 1 aliphatic heterocycles. The standard InChI is InChI=1S/C27H38N4O2/c1-21(28-2)26(32)30-25(16-15-22-10-5-3-6-11-22)27(33)31-19-9-14-24(31)20-29-18-17-23-12-7-4-8-13-23/h3-8,10-13,21,24-25,28-29H,9,14-20H2,1-2H3,(H,30,32)/t21-,24-,25-/m0/s1. The quantitative estimate of drug-likeness (QED) is 0.435. The van der Waals surface area contributed by atoms with Gasteiger partial charge in [-0.25, -0.2) is 0 Å². The van der Waals surface area contributed by atoms with Crippen molar-refractivity contribution in [3.05, 3.63) is 71.8 Å². The first kappa shape index (κ1) is 24.9. The lowest BCUT2D eigenvalue weighted by molar-refractivity contribution is -0.137. The largest absolute Gasteiger partial charge is 0.343 e. The van der Waals surface area contributed by atoms with E-state index in [1.54, 1.807) is 7.05 Å². The van der Waals surface area contributed by atoms with Gasteiger partial charge < -0.3 is 20.9 Å². The summed E-state index contributed by atoms with van der Waals surface area (Å²) in [5.74, 6) is -0.101. The van der Waals surface area contributed by atoms with Crippen LogP contribution in [0, 0.1) is 0 Å². The smallest absolute Gasteiger partial charge is 0.245 e. The zero-order valence-electron chi connectivity index (χ0n) is 19.9. The summed E-state index contributed by atoms with van der Waals surface area (Å²) in [5, 5.41) is 9.51. The van der Waals surface area contributed by atoms with Gasteiger partial charge in [0.1, 0.15) is 6.04 Å². The molecule has 0 aliphatic carbocycles. The fraction of sp³-hybridized carbons (Fsp3) is 0.481. The lowest BCUT2D eigenvalue weighted by Gasteiger charge is -2.30. The first-order valence-corrected chi connectivity index (χ1v) is 12.1. The second-order valence-corrected chi connectivity index (χ2v) is 8.86. The van der Waals surface area contributed by atoms with E-state index in [-0.39, 0.29) is 23.9 Å². The molecule has 1 fully saturated rings. The molecule has 1 aliphatic rings. The van der Waals surface area contributed by atoms with Crippen molar-refractivity contribution in [2.45, 2.75) is 57.2 Å². The molecule has 3 N–H and O–H groups in total. The minimum Gasteiger partial charge on any atom is -0.343 e. The van der Waals surface area contributed by atoms with Crippen LogP contribution < -0.4 is 16.0 Å². The van der Waals surface area contributed by atoms with E-state index in [0.29, 0.717) is 6.42 Å². The van der Waals surface area contributed by atoms with Crippen molar-refractivity contribution in [1.82, 2.24) is 20.9 Å². The Morgan fingerprint density at radius 1 is 1.00 bits per heavy atom. The van der Waals surface area contributed by atoms with Crippen LogP contribution in [0.15, 0.2) is 60.7 Å². The van der Waals surface area contributed by atoms with Crippen molar-refractivity contribution in [3.8, 4) is 0 Å². The average molecular weight is 451 g/mol. The van der Waals surface area contributed by atoms with E-state index in [2.05, 4.69) is 52.3 Å². The van der Waals surface area contributed by atoms with E-state index in [0.717, 1.165) is 45.3 Å². The van der Waals surface area contributed by atoms with Gasteiger partial charge in [0.05, 0.1) is 6.04 Å². The molecular formula is C27H38N4O2. The predicted octanol–water partition coefficient (Wildman–Crippen LogP) is 2.54. The molecule has 33 heavy (non-hydrogen) atoms. The molecule has 2 aromatic carbocycles. The Hall–Kier alpha value is -2.70. The lowest BCUT2D eigenvalue weighted by Crippen LogP contribution is -2.54. The summed E-state index contributed by atoms with van der Waals surface area (Å²) in [4.78, 5) is 28.1. The summed E-state index contributed by atoms with van der Waals surface area (Å²) in [7, 11) is 1.75. The van der Waals surface area contributed by atoms with Gasteiger partial charge in [0.25, 0.3) is 0 Å². The van der Waals surface area contributed by atoms with Gasteiger partial charge in [-0.1, -0.05) is 60.7 Å². The van der Waals surface area contributed by atoms with Gasteiger partial charge in [-0.05, 0) is 63.7 Å². The van der Waals surface area contributed by atoms with Crippen molar-refractivity contribution in [2.24, 2.45) is 0 Å². The first-order chi connectivity index (χ1) is 16.1. The van der Waals surface area contributed by atoms with Crippen LogP contribution in [0.4, 0.5) is 0 Å². The highest BCUT2D eigenvalue weighted by Crippen LogP contribution is 2.19. The monoisotopic (exact) mass is 450 g/mol. The van der Waals surface area contributed by atoms with Gasteiger partial charge in [-0.3, -0.25) is 9.59 Å². The van der Waals surface area contributed by atoms with Crippen molar-refractivity contribution in [1.29, 1.82) is 0 Å². The molecule has 2 amide bonds. The number of nitrogens with zero attached hydrogens (tertiary/aromatic N) is 1. The van der Waals surface area contributed by atoms with Gasteiger partial charge in [0.15, 0.2) is 0 Å². The van der Waals surface area contributed by atoms with Crippen molar-refractivity contribution in [2.75, 3.05) is 26.7 Å². The Morgan fingerprint density at radius 2 is 1.64 bits per heavy atom. The average Bonchev–Trinajstić information content (AvgIpc) is 3.33. The topological polar surface area (TPSA) is 73.5 Å². The second-order valence-electron chi connectivity index (χ2n) is 8.86. The molecule has 3 rings (SSSR count). The van der Waals surface area contributed by atoms with Crippen LogP contribution in [0.25, 0.3) is 0 Å². The third-order valence-electron chi connectivity index (χ3n) is 6.48. The highest BCUT2D eigenvalue weighted by Gasteiger charge is 2.33. The Kier molecular flexibility index (Phi) is 9.91. The van der Waals surface area contributed by atoms with Gasteiger partial charge >= 0.3 is 0 Å². The van der Waals surface area contributed by atoms with Crippen LogP contribution in [0.5, 0.6) is 0 Å². The van der Waals surface area contributed by atoms with E-state index in [4.69, 9.17) is 0 Å². The van der Waals surface area contributed by atoms with E-state index in [9.17, 15) is 9.59 Å². The van der Waals surface area contributed by atoms with E-state index in [1.165, 1.54) is 11.1 Å². The number of hydrogen-bond donors (Lipinski definition) is 3. The van der Waals surface area contributed by atoms with Gasteiger partial charge in [-0.2, -0.15) is 0 Å². The Morgan fingerprint density at radius 3 is 2.27 bits per heavy atom. The summed E-state index contributed by atoms with van der Waals surface area (Å²) in [5.41, 5.74) is 2.48. The minimum absolute atomic E-state index is 0.0370. The molecule has 6 nitrogen and oxygen atoms in total. The molecule has 0 saturated carbocycles. The van der Waals surface area contributed by atoms with Crippen LogP contribution >= 0.6 is 0 Å². The number of carbonyl (C=O) groups is 2. The molecule has 0 radical (unpaired) electrons. The molecule has 1 saturated heterocycles. The van der Waals surface area contributed by atoms with Crippen LogP contribution in [-0.2, 0) is 22.4 Å². The number of carbonyl (C=O) groups excluding carboxylic acids is 2. The molecular weight excluding hydrogens is 412 g/mol. The zero-order valence-corrected chi connectivity index (χ0v) is 19.9. The van der Waals surface area contributed by atoms with E-state index >= 15 is 0 Å². The van der Waals surface area contributed by atoms with Crippen LogP contribution in [0.2, 0.25) is 0 Å². The number of aryl methyl sites for hydroxylation is 1. The number of hydrogen-bond acceptors (Lipinski definition) is 4. The maximum Gasteiger partial charge on any atom is 0.245 e. The Bertz CT molecular complexity index is 859. The Labute approximate surface area is 198 Å². The zero-order chi connectivity index (χ0) is 23.5. The highest BCUT2D eigenvalue weighted by molar-refractivity contribution is 5.89. The summed E-state index contributed by atoms with van der Waals surface area (Å²) in [6.45, 7) is 4.23. The molecule has 178 valence electrons.